The van der Waals surface area contributed by atoms with Crippen molar-refractivity contribution in [3.63, 3.8) is 0 Å². The van der Waals surface area contributed by atoms with E-state index < -0.39 is 5.97 Å². The first-order valence-corrected chi connectivity index (χ1v) is 10.0. The largest absolute Gasteiger partial charge is 0.481 e. The van der Waals surface area contributed by atoms with E-state index in [2.05, 4.69) is 65.7 Å². The standard InChI is InChI=1S/C22H23NO2S/c1-15-10-13-26-21(15)20(23-11-8-17(9-12-23)22(24)25)19-7-6-16-4-2-3-5-18(16)14-19/h2-7,10,13-14,17,20H,8-9,11-12H2,1H3,(H,24,25). The molecule has 0 bridgehead atoms. The topological polar surface area (TPSA) is 40.5 Å². The number of aryl methyl sites for hydroxylation is 1. The highest BCUT2D eigenvalue weighted by Crippen LogP contribution is 2.37. The molecule has 0 radical (unpaired) electrons. The van der Waals surface area contributed by atoms with Gasteiger partial charge in [-0.2, -0.15) is 0 Å². The molecule has 1 aromatic heterocycles. The fourth-order valence-electron chi connectivity index (χ4n) is 3.98. The SMILES string of the molecule is Cc1ccsc1C(c1ccc2ccccc2c1)N1CCC(C(=O)O)CC1. The number of thiophene rings is 1. The summed E-state index contributed by atoms with van der Waals surface area (Å²) in [6, 6.07) is 17.6. The molecule has 1 saturated heterocycles. The van der Waals surface area contributed by atoms with Gasteiger partial charge in [-0.15, -0.1) is 11.3 Å². The first-order chi connectivity index (χ1) is 12.6. The molecule has 1 unspecified atom stereocenters. The summed E-state index contributed by atoms with van der Waals surface area (Å²) in [4.78, 5) is 15.1. The Kier molecular flexibility index (Phi) is 4.79. The molecule has 2 heterocycles. The normalized spacial score (nSPS) is 17.4. The molecule has 4 heteroatoms. The molecule has 4 rings (SSSR count). The van der Waals surface area contributed by atoms with E-state index in [1.165, 1.54) is 26.8 Å². The summed E-state index contributed by atoms with van der Waals surface area (Å²) >= 11 is 1.80. The van der Waals surface area contributed by atoms with Gasteiger partial charge in [0, 0.05) is 4.88 Å². The number of aliphatic carboxylic acids is 1. The zero-order valence-corrected chi connectivity index (χ0v) is 15.7. The lowest BCUT2D eigenvalue weighted by molar-refractivity contribution is -0.143. The Morgan fingerprint density at radius 1 is 1.12 bits per heavy atom. The number of benzene rings is 2. The summed E-state index contributed by atoms with van der Waals surface area (Å²) in [6.07, 6.45) is 1.45. The fraction of sp³-hybridized carbons (Fsp3) is 0.318. The minimum atomic E-state index is -0.654. The summed E-state index contributed by atoms with van der Waals surface area (Å²) in [5.74, 6) is -0.854. The zero-order chi connectivity index (χ0) is 18.1. The van der Waals surface area contributed by atoms with Gasteiger partial charge >= 0.3 is 5.97 Å². The van der Waals surface area contributed by atoms with Gasteiger partial charge in [0.2, 0.25) is 0 Å². The highest BCUT2D eigenvalue weighted by Gasteiger charge is 2.31. The second kappa shape index (κ2) is 7.22. The number of hydrogen-bond acceptors (Lipinski definition) is 3. The smallest absolute Gasteiger partial charge is 0.306 e. The summed E-state index contributed by atoms with van der Waals surface area (Å²) in [5, 5.41) is 14.0. The molecule has 26 heavy (non-hydrogen) atoms. The van der Waals surface area contributed by atoms with Gasteiger partial charge < -0.3 is 5.11 Å². The molecule has 0 spiro atoms. The van der Waals surface area contributed by atoms with Crippen LogP contribution in [0.15, 0.2) is 53.9 Å². The average molecular weight is 365 g/mol. The molecule has 0 saturated carbocycles. The predicted octanol–water partition coefficient (Wildman–Crippen LogP) is 5.10. The third kappa shape index (κ3) is 3.27. The van der Waals surface area contributed by atoms with Crippen molar-refractivity contribution in [3.05, 3.63) is 69.9 Å². The number of nitrogens with zero attached hydrogens (tertiary/aromatic N) is 1. The Labute approximate surface area is 157 Å². The molecule has 134 valence electrons. The maximum absolute atomic E-state index is 11.3. The summed E-state index contributed by atoms with van der Waals surface area (Å²) in [7, 11) is 0. The lowest BCUT2D eigenvalue weighted by Crippen LogP contribution is -2.39. The summed E-state index contributed by atoms with van der Waals surface area (Å²) in [6.45, 7) is 3.82. The number of piperidine rings is 1. The number of rotatable bonds is 4. The predicted molar refractivity (Wildman–Crippen MR) is 107 cm³/mol. The molecule has 2 aromatic carbocycles. The van der Waals surface area contributed by atoms with Crippen LogP contribution >= 0.6 is 11.3 Å². The first kappa shape index (κ1) is 17.3. The lowest BCUT2D eigenvalue weighted by atomic mass is 9.92. The molecule has 0 amide bonds. The second-order valence-corrected chi connectivity index (χ2v) is 8.07. The Balaban J connectivity index is 1.71. The van der Waals surface area contributed by atoms with Crippen LogP contribution in [0.2, 0.25) is 0 Å². The van der Waals surface area contributed by atoms with E-state index in [0.29, 0.717) is 0 Å². The van der Waals surface area contributed by atoms with Crippen molar-refractivity contribution in [1.82, 2.24) is 4.90 Å². The number of fused-ring (bicyclic) bond motifs is 1. The van der Waals surface area contributed by atoms with E-state index >= 15 is 0 Å². The summed E-state index contributed by atoms with van der Waals surface area (Å²) < 4.78 is 0. The van der Waals surface area contributed by atoms with Crippen molar-refractivity contribution in [3.8, 4) is 0 Å². The third-order valence-electron chi connectivity index (χ3n) is 5.48. The van der Waals surface area contributed by atoms with Crippen LogP contribution in [0.5, 0.6) is 0 Å². The van der Waals surface area contributed by atoms with Crippen molar-refractivity contribution >= 4 is 28.1 Å². The van der Waals surface area contributed by atoms with Crippen molar-refractivity contribution in [1.29, 1.82) is 0 Å². The van der Waals surface area contributed by atoms with Crippen molar-refractivity contribution in [2.45, 2.75) is 25.8 Å². The Bertz CT molecular complexity index is 925. The van der Waals surface area contributed by atoms with E-state index in [4.69, 9.17) is 0 Å². The second-order valence-electron chi connectivity index (χ2n) is 7.13. The highest BCUT2D eigenvalue weighted by molar-refractivity contribution is 7.10. The molecular weight excluding hydrogens is 342 g/mol. The van der Waals surface area contributed by atoms with Gasteiger partial charge in [0.15, 0.2) is 0 Å². The number of carboxylic acids is 1. The van der Waals surface area contributed by atoms with E-state index in [1.54, 1.807) is 11.3 Å². The van der Waals surface area contributed by atoms with Crippen LogP contribution in [0.1, 0.15) is 34.9 Å². The van der Waals surface area contributed by atoms with E-state index in [-0.39, 0.29) is 12.0 Å². The van der Waals surface area contributed by atoms with Gasteiger partial charge in [-0.1, -0.05) is 36.4 Å². The molecule has 1 fully saturated rings. The fourth-order valence-corrected chi connectivity index (χ4v) is 5.06. The number of hydrogen-bond donors (Lipinski definition) is 1. The van der Waals surface area contributed by atoms with Crippen LogP contribution < -0.4 is 0 Å². The Hall–Kier alpha value is -2.17. The van der Waals surface area contributed by atoms with Crippen LogP contribution in [0, 0.1) is 12.8 Å². The summed E-state index contributed by atoms with van der Waals surface area (Å²) in [5.41, 5.74) is 2.61. The molecule has 1 atom stereocenters. The first-order valence-electron chi connectivity index (χ1n) is 9.13. The maximum atomic E-state index is 11.3. The minimum Gasteiger partial charge on any atom is -0.481 e. The Morgan fingerprint density at radius 2 is 1.85 bits per heavy atom. The van der Waals surface area contributed by atoms with Crippen LogP contribution in [0.25, 0.3) is 10.8 Å². The van der Waals surface area contributed by atoms with Crippen molar-refractivity contribution in [2.24, 2.45) is 5.92 Å². The van der Waals surface area contributed by atoms with Gasteiger partial charge in [0.1, 0.15) is 0 Å². The zero-order valence-electron chi connectivity index (χ0n) is 14.9. The van der Waals surface area contributed by atoms with Crippen molar-refractivity contribution in [2.75, 3.05) is 13.1 Å². The average Bonchev–Trinajstić information content (AvgIpc) is 3.08. The lowest BCUT2D eigenvalue weighted by Gasteiger charge is -2.37. The molecular formula is C22H23NO2S. The van der Waals surface area contributed by atoms with Gasteiger partial charge in [-0.05, 0) is 72.3 Å². The van der Waals surface area contributed by atoms with Crippen LogP contribution in [-0.4, -0.2) is 29.1 Å². The molecule has 1 N–H and O–H groups in total. The number of carbonyl (C=O) groups is 1. The van der Waals surface area contributed by atoms with E-state index in [9.17, 15) is 9.90 Å². The minimum absolute atomic E-state index is 0.201. The van der Waals surface area contributed by atoms with Crippen LogP contribution in [0.3, 0.4) is 0 Å². The van der Waals surface area contributed by atoms with Gasteiger partial charge in [0.25, 0.3) is 0 Å². The Morgan fingerprint density at radius 3 is 2.50 bits per heavy atom. The van der Waals surface area contributed by atoms with Gasteiger partial charge in [0.05, 0.1) is 12.0 Å². The number of carboxylic acid groups (broad SMARTS) is 1. The third-order valence-corrected chi connectivity index (χ3v) is 6.55. The van der Waals surface area contributed by atoms with E-state index in [1.807, 2.05) is 0 Å². The molecule has 1 aliphatic rings. The monoisotopic (exact) mass is 365 g/mol. The molecule has 1 aliphatic heterocycles. The number of likely N-dealkylation sites (tertiary alicyclic amines) is 1. The quantitative estimate of drug-likeness (QED) is 0.699. The van der Waals surface area contributed by atoms with Crippen LogP contribution in [0.4, 0.5) is 0 Å². The molecule has 0 aliphatic carbocycles. The highest BCUT2D eigenvalue weighted by atomic mass is 32.1. The molecule has 3 aromatic rings. The van der Waals surface area contributed by atoms with Gasteiger partial charge in [-0.25, -0.2) is 0 Å². The molecule has 3 nitrogen and oxygen atoms in total. The maximum Gasteiger partial charge on any atom is 0.306 e. The van der Waals surface area contributed by atoms with Crippen LogP contribution in [-0.2, 0) is 4.79 Å². The van der Waals surface area contributed by atoms with Crippen molar-refractivity contribution < 1.29 is 9.90 Å². The van der Waals surface area contributed by atoms with E-state index in [0.717, 1.165) is 25.9 Å². The van der Waals surface area contributed by atoms with Gasteiger partial charge in [-0.3, -0.25) is 9.69 Å².